The van der Waals surface area contributed by atoms with Crippen LogP contribution in [0.5, 0.6) is 0 Å². The van der Waals surface area contributed by atoms with E-state index in [0.717, 1.165) is 0 Å². The molecule has 24 heavy (non-hydrogen) atoms. The largest absolute Gasteiger partial charge is 0.382 e. The first-order valence-electron chi connectivity index (χ1n) is 8.02. The van der Waals surface area contributed by atoms with E-state index in [1.807, 2.05) is 25.3 Å². The van der Waals surface area contributed by atoms with Crippen LogP contribution >= 0.6 is 0 Å². The fraction of sp³-hybridized carbons (Fsp3) is 0.667. The minimum Gasteiger partial charge on any atom is -0.382 e. The Morgan fingerprint density at radius 1 is 1.25 bits per heavy atom. The second-order valence-corrected chi connectivity index (χ2v) is 6.37. The maximum Gasteiger partial charge on any atom is 0.167 e. The molecule has 2 N–H and O–H groups in total. The van der Waals surface area contributed by atoms with E-state index >= 15 is 0 Å². The summed E-state index contributed by atoms with van der Waals surface area (Å²) in [6, 6.07) is 0. The fourth-order valence-electron chi connectivity index (χ4n) is 3.31. The molecule has 2 fully saturated rings. The van der Waals surface area contributed by atoms with E-state index in [1.54, 1.807) is 6.33 Å². The van der Waals surface area contributed by atoms with Gasteiger partial charge >= 0.3 is 0 Å². The zero-order chi connectivity index (χ0) is 16.9. The summed E-state index contributed by atoms with van der Waals surface area (Å²) in [6.07, 6.45) is 1.93. The number of nitrogens with two attached hydrogens (primary N) is 1. The van der Waals surface area contributed by atoms with Gasteiger partial charge in [-0.1, -0.05) is 0 Å². The molecule has 2 aromatic heterocycles. The van der Waals surface area contributed by atoms with E-state index in [2.05, 4.69) is 15.0 Å². The molecule has 4 rings (SSSR count). The Balaban J connectivity index is 1.70. The lowest BCUT2D eigenvalue weighted by molar-refractivity contribution is -0.201. The zero-order valence-electron chi connectivity index (χ0n) is 13.9. The molecule has 0 bridgehead atoms. The number of anilines is 1. The van der Waals surface area contributed by atoms with Gasteiger partial charge in [0.15, 0.2) is 23.5 Å². The van der Waals surface area contributed by atoms with Crippen molar-refractivity contribution in [1.29, 1.82) is 0 Å². The first-order chi connectivity index (χ1) is 11.5. The van der Waals surface area contributed by atoms with Gasteiger partial charge in [-0.15, -0.1) is 0 Å². The van der Waals surface area contributed by atoms with Gasteiger partial charge in [-0.2, -0.15) is 0 Å². The number of rotatable bonds is 4. The molecule has 2 saturated heterocycles. The van der Waals surface area contributed by atoms with Crippen molar-refractivity contribution >= 4 is 17.0 Å². The summed E-state index contributed by atoms with van der Waals surface area (Å²) in [5.74, 6) is -0.338. The van der Waals surface area contributed by atoms with Gasteiger partial charge in [0.1, 0.15) is 30.2 Å². The van der Waals surface area contributed by atoms with Crippen LogP contribution in [0.3, 0.4) is 0 Å². The molecule has 4 heterocycles. The second kappa shape index (κ2) is 5.62. The molecule has 2 aromatic rings. The van der Waals surface area contributed by atoms with Crippen molar-refractivity contribution in [2.75, 3.05) is 18.9 Å². The Hall–Kier alpha value is -1.81. The number of imidazole rings is 1. The van der Waals surface area contributed by atoms with Crippen LogP contribution in [0.2, 0.25) is 0 Å². The standard InChI is InChI=1S/C15H21N5O4/c1-4-21-5-8-10-11(24-15(2,3)23-10)14(22-8)20-7-19-9-12(16)17-6-18-13(9)20/h6-8,10-11,14H,4-5H2,1-3H3,(H2,16,17,18)/t8-,10?,11-,14-/m1/s1. The number of fused-ring (bicyclic) bond motifs is 2. The summed E-state index contributed by atoms with van der Waals surface area (Å²) < 4.78 is 25.6. The van der Waals surface area contributed by atoms with Gasteiger partial charge in [-0.3, -0.25) is 4.57 Å². The Morgan fingerprint density at radius 2 is 2.04 bits per heavy atom. The van der Waals surface area contributed by atoms with Crippen LogP contribution in [-0.2, 0) is 18.9 Å². The van der Waals surface area contributed by atoms with Gasteiger partial charge in [0.2, 0.25) is 0 Å². The molecule has 130 valence electrons. The third-order valence-electron chi connectivity index (χ3n) is 4.27. The molecule has 0 aromatic carbocycles. The normalized spacial score (nSPS) is 31.6. The van der Waals surface area contributed by atoms with E-state index < -0.39 is 12.0 Å². The first-order valence-corrected chi connectivity index (χ1v) is 8.02. The minimum atomic E-state index is -0.674. The van der Waals surface area contributed by atoms with Crippen LogP contribution in [0.1, 0.15) is 27.0 Å². The molecule has 0 aliphatic carbocycles. The lowest BCUT2D eigenvalue weighted by atomic mass is 10.1. The predicted molar refractivity (Wildman–Crippen MR) is 84.0 cm³/mol. The molecule has 9 nitrogen and oxygen atoms in total. The van der Waals surface area contributed by atoms with E-state index in [1.165, 1.54) is 6.33 Å². The summed E-state index contributed by atoms with van der Waals surface area (Å²) in [5, 5.41) is 0. The molecular formula is C15H21N5O4. The van der Waals surface area contributed by atoms with Gasteiger partial charge in [-0.05, 0) is 20.8 Å². The number of aromatic nitrogens is 4. The zero-order valence-corrected chi connectivity index (χ0v) is 13.9. The predicted octanol–water partition coefficient (Wildman–Crippen LogP) is 0.862. The highest BCUT2D eigenvalue weighted by Gasteiger charge is 2.56. The molecule has 2 aliphatic heterocycles. The van der Waals surface area contributed by atoms with Crippen molar-refractivity contribution in [2.24, 2.45) is 0 Å². The molecule has 4 atom stereocenters. The van der Waals surface area contributed by atoms with Crippen molar-refractivity contribution in [2.45, 2.75) is 51.1 Å². The molecule has 2 aliphatic rings. The van der Waals surface area contributed by atoms with Crippen LogP contribution < -0.4 is 5.73 Å². The molecular weight excluding hydrogens is 314 g/mol. The van der Waals surface area contributed by atoms with Crippen molar-refractivity contribution in [3.63, 3.8) is 0 Å². The van der Waals surface area contributed by atoms with E-state index in [-0.39, 0.29) is 18.3 Å². The van der Waals surface area contributed by atoms with Crippen LogP contribution in [-0.4, -0.2) is 56.8 Å². The highest BCUT2D eigenvalue weighted by Crippen LogP contribution is 2.43. The van der Waals surface area contributed by atoms with Crippen molar-refractivity contribution < 1.29 is 18.9 Å². The highest BCUT2D eigenvalue weighted by atomic mass is 16.8. The smallest absolute Gasteiger partial charge is 0.167 e. The van der Waals surface area contributed by atoms with Gasteiger partial charge in [0.05, 0.1) is 12.9 Å². The number of ether oxygens (including phenoxy) is 4. The Kier molecular flexibility index (Phi) is 3.68. The maximum absolute atomic E-state index is 6.16. The summed E-state index contributed by atoms with van der Waals surface area (Å²) >= 11 is 0. The molecule has 0 amide bonds. The lowest BCUT2D eigenvalue weighted by Gasteiger charge is -2.24. The number of nitrogens with zero attached hydrogens (tertiary/aromatic N) is 4. The average molecular weight is 335 g/mol. The summed E-state index contributed by atoms with van der Waals surface area (Å²) in [5.41, 5.74) is 7.02. The molecule has 9 heteroatoms. The van der Waals surface area contributed by atoms with Gasteiger partial charge < -0.3 is 24.7 Å². The fourth-order valence-corrected chi connectivity index (χ4v) is 3.31. The monoisotopic (exact) mass is 335 g/mol. The third-order valence-corrected chi connectivity index (χ3v) is 4.27. The maximum atomic E-state index is 6.16. The molecule has 1 unspecified atom stereocenters. The van der Waals surface area contributed by atoms with Crippen molar-refractivity contribution in [1.82, 2.24) is 19.5 Å². The van der Waals surface area contributed by atoms with Crippen LogP contribution in [0.25, 0.3) is 11.2 Å². The van der Waals surface area contributed by atoms with Crippen molar-refractivity contribution in [3.05, 3.63) is 12.7 Å². The van der Waals surface area contributed by atoms with E-state index in [4.69, 9.17) is 24.7 Å². The molecule has 0 spiro atoms. The lowest BCUT2D eigenvalue weighted by Crippen LogP contribution is -2.32. The van der Waals surface area contributed by atoms with Crippen LogP contribution in [0.4, 0.5) is 5.82 Å². The Labute approximate surface area is 139 Å². The van der Waals surface area contributed by atoms with Gasteiger partial charge in [-0.25, -0.2) is 15.0 Å². The number of nitrogen functional groups attached to an aromatic ring is 1. The number of hydrogen-bond donors (Lipinski definition) is 1. The molecule has 0 saturated carbocycles. The highest BCUT2D eigenvalue weighted by molar-refractivity contribution is 5.81. The van der Waals surface area contributed by atoms with E-state index in [9.17, 15) is 0 Å². The number of hydrogen-bond acceptors (Lipinski definition) is 8. The van der Waals surface area contributed by atoms with Gasteiger partial charge in [0, 0.05) is 6.61 Å². The average Bonchev–Trinajstić information content (AvgIpc) is 3.17. The SMILES string of the molecule is CCOC[C@H]1O[C@@H](n2cnc3c(N)ncnc32)[C@@H]2OC(C)(C)OC21. The topological polar surface area (TPSA) is 107 Å². The van der Waals surface area contributed by atoms with E-state index in [0.29, 0.717) is 30.2 Å². The van der Waals surface area contributed by atoms with Crippen molar-refractivity contribution in [3.8, 4) is 0 Å². The molecule has 0 radical (unpaired) electrons. The van der Waals surface area contributed by atoms with Crippen LogP contribution in [0.15, 0.2) is 12.7 Å². The third kappa shape index (κ3) is 2.44. The van der Waals surface area contributed by atoms with Gasteiger partial charge in [0.25, 0.3) is 0 Å². The quantitative estimate of drug-likeness (QED) is 0.877. The minimum absolute atomic E-state index is 0.215. The summed E-state index contributed by atoms with van der Waals surface area (Å²) in [4.78, 5) is 12.6. The second-order valence-electron chi connectivity index (χ2n) is 6.37. The first kappa shape index (κ1) is 15.7. The van der Waals surface area contributed by atoms with Crippen LogP contribution in [0, 0.1) is 0 Å². The summed E-state index contributed by atoms with van der Waals surface area (Å²) in [7, 11) is 0. The summed E-state index contributed by atoms with van der Waals surface area (Å²) in [6.45, 7) is 6.79. The Bertz CT molecular complexity index is 749. The Morgan fingerprint density at radius 3 is 2.83 bits per heavy atom.